The van der Waals surface area contributed by atoms with Crippen LogP contribution in [0.5, 0.6) is 5.75 Å². The Balaban J connectivity index is 1.99. The van der Waals surface area contributed by atoms with Gasteiger partial charge in [0.15, 0.2) is 12.3 Å². The zero-order valence-electron chi connectivity index (χ0n) is 10.7. The van der Waals surface area contributed by atoms with E-state index in [0.29, 0.717) is 11.4 Å². The number of nitrogens with zero attached hydrogens (tertiary/aromatic N) is 2. The number of H-pyrrole nitrogens is 1. The van der Waals surface area contributed by atoms with Gasteiger partial charge in [0, 0.05) is 18.8 Å². The Morgan fingerprint density at radius 3 is 2.95 bits per heavy atom. The Morgan fingerprint density at radius 1 is 1.40 bits per heavy atom. The molecule has 0 radical (unpaired) electrons. The number of amides is 2. The summed E-state index contributed by atoms with van der Waals surface area (Å²) in [4.78, 5) is 22.8. The third-order valence-corrected chi connectivity index (χ3v) is 2.39. The van der Waals surface area contributed by atoms with Crippen LogP contribution in [0.25, 0.3) is 0 Å². The van der Waals surface area contributed by atoms with Gasteiger partial charge in [-0.05, 0) is 12.1 Å². The van der Waals surface area contributed by atoms with Crippen molar-refractivity contribution in [2.24, 2.45) is 0 Å². The van der Waals surface area contributed by atoms with Crippen molar-refractivity contribution in [3.05, 3.63) is 36.2 Å². The van der Waals surface area contributed by atoms with Crippen molar-refractivity contribution in [2.45, 2.75) is 0 Å². The molecule has 0 fully saturated rings. The number of likely N-dealkylation sites (N-methyl/N-ethyl adjacent to an activating group) is 1. The van der Waals surface area contributed by atoms with Gasteiger partial charge in [-0.1, -0.05) is 6.07 Å². The number of hydrogen-bond donors (Lipinski definition) is 3. The lowest BCUT2D eigenvalue weighted by Gasteiger charge is -2.07. The Morgan fingerprint density at radius 2 is 2.25 bits per heavy atom. The van der Waals surface area contributed by atoms with Gasteiger partial charge in [-0.25, -0.2) is 0 Å². The number of hydrogen-bond acceptors (Lipinski definition) is 5. The van der Waals surface area contributed by atoms with Crippen LogP contribution in [0.3, 0.4) is 0 Å². The van der Waals surface area contributed by atoms with E-state index in [4.69, 9.17) is 4.74 Å². The van der Waals surface area contributed by atoms with E-state index in [1.807, 2.05) is 0 Å². The standard InChI is InChI=1S/C12H13N5O3/c1-13-11(18)7-20-9-4-2-3-8(5-9)15-12(19)10-6-14-17-16-10/h2-6H,7H2,1H3,(H,13,18)(H,15,19)(H,14,16,17). The largest absolute Gasteiger partial charge is 0.484 e. The van der Waals surface area contributed by atoms with Crippen molar-refractivity contribution < 1.29 is 14.3 Å². The Hall–Kier alpha value is -2.90. The average Bonchev–Trinajstić information content (AvgIpc) is 2.99. The molecule has 0 unspecified atom stereocenters. The fourth-order valence-electron chi connectivity index (χ4n) is 1.39. The number of rotatable bonds is 5. The van der Waals surface area contributed by atoms with Gasteiger partial charge in [-0.2, -0.15) is 15.4 Å². The molecular formula is C12H13N5O3. The van der Waals surface area contributed by atoms with Gasteiger partial charge in [0.25, 0.3) is 11.8 Å². The van der Waals surface area contributed by atoms with Crippen LogP contribution < -0.4 is 15.4 Å². The van der Waals surface area contributed by atoms with Crippen molar-refractivity contribution in [1.29, 1.82) is 0 Å². The van der Waals surface area contributed by atoms with E-state index in [1.54, 1.807) is 24.3 Å². The van der Waals surface area contributed by atoms with Crippen LogP contribution in [0.15, 0.2) is 30.5 Å². The first-order valence-corrected chi connectivity index (χ1v) is 5.79. The third kappa shape index (κ3) is 3.55. The summed E-state index contributed by atoms with van der Waals surface area (Å²) in [5.41, 5.74) is 0.717. The molecule has 1 aromatic heterocycles. The number of carbonyl (C=O) groups is 2. The molecule has 1 heterocycles. The van der Waals surface area contributed by atoms with Crippen LogP contribution in [0.1, 0.15) is 10.5 Å². The monoisotopic (exact) mass is 275 g/mol. The van der Waals surface area contributed by atoms with Gasteiger partial charge < -0.3 is 15.4 Å². The van der Waals surface area contributed by atoms with Crippen LogP contribution in [-0.2, 0) is 4.79 Å². The highest BCUT2D eigenvalue weighted by molar-refractivity contribution is 6.02. The van der Waals surface area contributed by atoms with E-state index in [1.165, 1.54) is 13.2 Å². The van der Waals surface area contributed by atoms with Gasteiger partial charge >= 0.3 is 0 Å². The number of ether oxygens (including phenoxy) is 1. The van der Waals surface area contributed by atoms with E-state index in [9.17, 15) is 9.59 Å². The fraction of sp³-hybridized carbons (Fsp3) is 0.167. The second-order valence-corrected chi connectivity index (χ2v) is 3.80. The molecule has 8 heteroatoms. The van der Waals surface area contributed by atoms with Gasteiger partial charge in [0.05, 0.1) is 6.20 Å². The normalized spacial score (nSPS) is 9.85. The third-order valence-electron chi connectivity index (χ3n) is 2.39. The number of aromatic amines is 1. The zero-order chi connectivity index (χ0) is 14.4. The summed E-state index contributed by atoms with van der Waals surface area (Å²) >= 11 is 0. The molecule has 8 nitrogen and oxygen atoms in total. The Labute approximate surface area is 114 Å². The molecule has 2 rings (SSSR count). The molecule has 2 aromatic rings. The van der Waals surface area contributed by atoms with Crippen molar-refractivity contribution in [2.75, 3.05) is 19.0 Å². The van der Waals surface area contributed by atoms with Crippen LogP contribution >= 0.6 is 0 Å². The number of nitrogens with one attached hydrogen (secondary N) is 3. The quantitative estimate of drug-likeness (QED) is 0.721. The number of benzene rings is 1. The maximum Gasteiger partial charge on any atom is 0.277 e. The molecule has 0 saturated carbocycles. The smallest absolute Gasteiger partial charge is 0.277 e. The lowest BCUT2D eigenvalue weighted by atomic mass is 10.3. The fourth-order valence-corrected chi connectivity index (χ4v) is 1.39. The summed E-state index contributed by atoms with van der Waals surface area (Å²) in [6, 6.07) is 6.71. The van der Waals surface area contributed by atoms with Crippen LogP contribution in [0.4, 0.5) is 5.69 Å². The minimum absolute atomic E-state index is 0.0861. The summed E-state index contributed by atoms with van der Waals surface area (Å²) in [6.45, 7) is -0.0861. The molecule has 0 atom stereocenters. The SMILES string of the molecule is CNC(=O)COc1cccc(NC(=O)c2cn[nH]n2)c1. The van der Waals surface area contributed by atoms with Crippen LogP contribution in [0, 0.1) is 0 Å². The van der Waals surface area contributed by atoms with E-state index in [0.717, 1.165) is 0 Å². The van der Waals surface area contributed by atoms with E-state index in [-0.39, 0.29) is 24.1 Å². The second-order valence-electron chi connectivity index (χ2n) is 3.80. The maximum atomic E-state index is 11.8. The van der Waals surface area contributed by atoms with E-state index >= 15 is 0 Å². The summed E-state index contributed by atoms with van der Waals surface area (Å²) < 4.78 is 5.27. The molecular weight excluding hydrogens is 262 g/mol. The molecule has 0 spiro atoms. The Kier molecular flexibility index (Phi) is 4.28. The molecule has 0 aliphatic carbocycles. The van der Waals surface area contributed by atoms with Crippen molar-refractivity contribution in [3.63, 3.8) is 0 Å². The predicted molar refractivity (Wildman–Crippen MR) is 70.3 cm³/mol. The molecule has 0 aliphatic rings. The van der Waals surface area contributed by atoms with Gasteiger partial charge in [-0.3, -0.25) is 9.59 Å². The molecule has 3 N–H and O–H groups in total. The first-order chi connectivity index (χ1) is 9.69. The Bertz CT molecular complexity index is 597. The molecule has 20 heavy (non-hydrogen) atoms. The average molecular weight is 275 g/mol. The highest BCUT2D eigenvalue weighted by Crippen LogP contribution is 2.17. The lowest BCUT2D eigenvalue weighted by molar-refractivity contribution is -0.122. The summed E-state index contributed by atoms with van der Waals surface area (Å²) in [7, 11) is 1.53. The highest BCUT2D eigenvalue weighted by Gasteiger charge is 2.09. The number of anilines is 1. The van der Waals surface area contributed by atoms with Gasteiger partial charge in [0.2, 0.25) is 0 Å². The molecule has 104 valence electrons. The zero-order valence-corrected chi connectivity index (χ0v) is 10.7. The van der Waals surface area contributed by atoms with Crippen LogP contribution in [-0.4, -0.2) is 40.9 Å². The molecule has 1 aromatic carbocycles. The second kappa shape index (κ2) is 6.32. The van der Waals surface area contributed by atoms with Crippen LogP contribution in [0.2, 0.25) is 0 Å². The predicted octanol–water partition coefficient (Wildman–Crippen LogP) is 0.182. The molecule has 2 amide bonds. The first-order valence-electron chi connectivity index (χ1n) is 5.79. The van der Waals surface area contributed by atoms with Gasteiger partial charge in [-0.15, -0.1) is 0 Å². The maximum absolute atomic E-state index is 11.8. The summed E-state index contributed by atoms with van der Waals surface area (Å²) in [6.07, 6.45) is 1.32. The summed E-state index contributed by atoms with van der Waals surface area (Å²) in [5, 5.41) is 14.7. The molecule has 0 aliphatic heterocycles. The lowest BCUT2D eigenvalue weighted by Crippen LogP contribution is -2.24. The van der Waals surface area contributed by atoms with Gasteiger partial charge in [0.1, 0.15) is 5.75 Å². The number of aromatic nitrogens is 3. The van der Waals surface area contributed by atoms with Crippen molar-refractivity contribution in [1.82, 2.24) is 20.7 Å². The minimum Gasteiger partial charge on any atom is -0.484 e. The van der Waals surface area contributed by atoms with Crippen molar-refractivity contribution in [3.8, 4) is 5.75 Å². The topological polar surface area (TPSA) is 109 Å². The molecule has 0 saturated heterocycles. The van der Waals surface area contributed by atoms with E-state index < -0.39 is 0 Å². The summed E-state index contributed by atoms with van der Waals surface area (Å²) in [5.74, 6) is -0.143. The van der Waals surface area contributed by atoms with Crippen molar-refractivity contribution >= 4 is 17.5 Å². The minimum atomic E-state index is -0.387. The molecule has 0 bridgehead atoms. The first kappa shape index (κ1) is 13.5. The highest BCUT2D eigenvalue weighted by atomic mass is 16.5. The van der Waals surface area contributed by atoms with E-state index in [2.05, 4.69) is 26.0 Å². The number of carbonyl (C=O) groups excluding carboxylic acids is 2.